The fourth-order valence-corrected chi connectivity index (χ4v) is 3.08. The number of amides is 1. The summed E-state index contributed by atoms with van der Waals surface area (Å²) in [5.41, 5.74) is 1.00. The maximum absolute atomic E-state index is 12.5. The van der Waals surface area contributed by atoms with Crippen LogP contribution < -0.4 is 20.1 Å². The van der Waals surface area contributed by atoms with Gasteiger partial charge in [0.1, 0.15) is 13.2 Å². The molecule has 2 N–H and O–H groups in total. The van der Waals surface area contributed by atoms with Crippen LogP contribution in [-0.4, -0.2) is 42.0 Å². The Bertz CT molecular complexity index is 737. The van der Waals surface area contributed by atoms with Crippen LogP contribution in [0.1, 0.15) is 29.4 Å². The molecule has 7 nitrogen and oxygen atoms in total. The highest BCUT2D eigenvalue weighted by atomic mass is 16.6. The van der Waals surface area contributed by atoms with Crippen molar-refractivity contribution in [2.45, 2.75) is 18.9 Å². The lowest BCUT2D eigenvalue weighted by Gasteiger charge is -2.23. The van der Waals surface area contributed by atoms with Gasteiger partial charge in [-0.15, -0.1) is 0 Å². The molecule has 1 atom stereocenters. The third kappa shape index (κ3) is 2.94. The molecule has 0 saturated carbocycles. The van der Waals surface area contributed by atoms with Gasteiger partial charge in [-0.25, -0.2) is 0 Å². The summed E-state index contributed by atoms with van der Waals surface area (Å²) in [7, 11) is 0. The number of carbonyl (C=O) groups is 1. The molecule has 2 aliphatic rings. The Morgan fingerprint density at radius 2 is 2.21 bits per heavy atom. The summed E-state index contributed by atoms with van der Waals surface area (Å²) in [6.07, 6.45) is 4.07. The second-order valence-corrected chi connectivity index (χ2v) is 5.97. The maximum Gasteiger partial charge on any atom is 0.276 e. The number of benzene rings is 1. The van der Waals surface area contributed by atoms with E-state index in [1.54, 1.807) is 12.1 Å². The van der Waals surface area contributed by atoms with Gasteiger partial charge in [0.2, 0.25) is 0 Å². The fraction of sp³-hybridized carbons (Fsp3) is 0.412. The molecule has 0 aliphatic carbocycles. The molecule has 0 bridgehead atoms. The van der Waals surface area contributed by atoms with Crippen molar-refractivity contribution in [3.63, 3.8) is 0 Å². The summed E-state index contributed by atoms with van der Waals surface area (Å²) in [5, 5.41) is 10.7. The zero-order chi connectivity index (χ0) is 16.4. The third-order valence-electron chi connectivity index (χ3n) is 4.30. The highest BCUT2D eigenvalue weighted by Crippen LogP contribution is 2.37. The lowest BCUT2D eigenvalue weighted by atomic mass is 10.1. The lowest BCUT2D eigenvalue weighted by Crippen LogP contribution is -2.32. The molecule has 0 radical (unpaired) electrons. The van der Waals surface area contributed by atoms with Gasteiger partial charge in [0.25, 0.3) is 5.91 Å². The van der Waals surface area contributed by atoms with E-state index < -0.39 is 0 Å². The summed E-state index contributed by atoms with van der Waals surface area (Å²) in [5.74, 6) is 0.978. The van der Waals surface area contributed by atoms with Crippen molar-refractivity contribution < 1.29 is 14.3 Å². The van der Waals surface area contributed by atoms with Crippen molar-refractivity contribution in [3.8, 4) is 11.5 Å². The SMILES string of the molecule is O=C(Nc1cccc2c1OCCO2)c1ccn(C2CCCNC2)n1. The van der Waals surface area contributed by atoms with Crippen LogP contribution in [0, 0.1) is 0 Å². The smallest absolute Gasteiger partial charge is 0.276 e. The summed E-state index contributed by atoms with van der Waals surface area (Å²) < 4.78 is 13.0. The van der Waals surface area contributed by atoms with Crippen LogP contribution in [-0.2, 0) is 0 Å². The number of hydrogen-bond donors (Lipinski definition) is 2. The number of anilines is 1. The largest absolute Gasteiger partial charge is 0.486 e. The van der Waals surface area contributed by atoms with E-state index in [-0.39, 0.29) is 5.91 Å². The van der Waals surface area contributed by atoms with Gasteiger partial charge in [-0.05, 0) is 37.6 Å². The van der Waals surface area contributed by atoms with Gasteiger partial charge >= 0.3 is 0 Å². The minimum absolute atomic E-state index is 0.250. The van der Waals surface area contributed by atoms with Crippen molar-refractivity contribution in [1.29, 1.82) is 0 Å². The maximum atomic E-state index is 12.5. The minimum Gasteiger partial charge on any atom is -0.486 e. The van der Waals surface area contributed by atoms with Gasteiger partial charge in [0.15, 0.2) is 17.2 Å². The first kappa shape index (κ1) is 15.0. The number of hydrogen-bond acceptors (Lipinski definition) is 5. The van der Waals surface area contributed by atoms with Gasteiger partial charge in [-0.1, -0.05) is 6.07 Å². The highest BCUT2D eigenvalue weighted by Gasteiger charge is 2.20. The van der Waals surface area contributed by atoms with E-state index in [4.69, 9.17) is 9.47 Å². The molecule has 4 rings (SSSR count). The lowest BCUT2D eigenvalue weighted by molar-refractivity contribution is 0.101. The topological polar surface area (TPSA) is 77.4 Å². The first-order valence-corrected chi connectivity index (χ1v) is 8.27. The molecule has 1 fully saturated rings. The van der Waals surface area contributed by atoms with Crippen molar-refractivity contribution in [2.24, 2.45) is 0 Å². The first-order chi connectivity index (χ1) is 11.8. The molecule has 24 heavy (non-hydrogen) atoms. The average Bonchev–Trinajstić information content (AvgIpc) is 3.13. The van der Waals surface area contributed by atoms with Crippen molar-refractivity contribution >= 4 is 11.6 Å². The first-order valence-electron chi connectivity index (χ1n) is 8.27. The van der Waals surface area contributed by atoms with E-state index in [9.17, 15) is 4.79 Å². The number of nitrogens with one attached hydrogen (secondary N) is 2. The molecule has 1 unspecified atom stereocenters. The zero-order valence-corrected chi connectivity index (χ0v) is 13.3. The molecule has 0 spiro atoms. The number of ether oxygens (including phenoxy) is 2. The Balaban J connectivity index is 1.50. The number of fused-ring (bicyclic) bond motifs is 1. The van der Waals surface area contributed by atoms with Gasteiger partial charge in [-0.3, -0.25) is 9.48 Å². The highest BCUT2D eigenvalue weighted by molar-refractivity contribution is 6.03. The molecule has 1 amide bonds. The molecule has 126 valence electrons. The van der Waals surface area contributed by atoms with Gasteiger partial charge in [-0.2, -0.15) is 5.10 Å². The van der Waals surface area contributed by atoms with Crippen LogP contribution in [0.5, 0.6) is 11.5 Å². The fourth-order valence-electron chi connectivity index (χ4n) is 3.08. The molecule has 1 aromatic carbocycles. The van der Waals surface area contributed by atoms with Crippen molar-refractivity contribution in [2.75, 3.05) is 31.6 Å². The number of nitrogens with zero attached hydrogens (tertiary/aromatic N) is 2. The van der Waals surface area contributed by atoms with Crippen molar-refractivity contribution in [1.82, 2.24) is 15.1 Å². The minimum atomic E-state index is -0.250. The number of rotatable bonds is 3. The quantitative estimate of drug-likeness (QED) is 0.899. The number of carbonyl (C=O) groups excluding carboxylic acids is 1. The second kappa shape index (κ2) is 6.52. The Morgan fingerprint density at radius 1 is 1.29 bits per heavy atom. The van der Waals surface area contributed by atoms with E-state index in [0.717, 1.165) is 25.9 Å². The van der Waals surface area contributed by atoms with E-state index in [0.29, 0.717) is 42.1 Å². The Labute approximate surface area is 139 Å². The van der Waals surface area contributed by atoms with Crippen LogP contribution in [0.15, 0.2) is 30.5 Å². The monoisotopic (exact) mass is 328 g/mol. The predicted molar refractivity (Wildman–Crippen MR) is 88.8 cm³/mol. The third-order valence-corrected chi connectivity index (χ3v) is 4.30. The number of para-hydroxylation sites is 1. The summed E-state index contributed by atoms with van der Waals surface area (Å²) in [6, 6.07) is 7.51. The molecule has 1 aromatic heterocycles. The molecule has 7 heteroatoms. The summed E-state index contributed by atoms with van der Waals surface area (Å²) in [4.78, 5) is 12.5. The van der Waals surface area contributed by atoms with Crippen molar-refractivity contribution in [3.05, 3.63) is 36.2 Å². The zero-order valence-electron chi connectivity index (χ0n) is 13.3. The molecule has 2 aromatic rings. The normalized spacial score (nSPS) is 19.8. The predicted octanol–water partition coefficient (Wildman–Crippen LogP) is 1.83. The molecular weight excluding hydrogens is 308 g/mol. The van der Waals surface area contributed by atoms with E-state index in [2.05, 4.69) is 15.7 Å². The van der Waals surface area contributed by atoms with Gasteiger partial charge < -0.3 is 20.1 Å². The van der Waals surface area contributed by atoms with Crippen LogP contribution in [0.4, 0.5) is 5.69 Å². The summed E-state index contributed by atoms with van der Waals surface area (Å²) >= 11 is 0. The molecule has 1 saturated heterocycles. The Morgan fingerprint density at radius 3 is 3.08 bits per heavy atom. The molecule has 3 heterocycles. The standard InChI is InChI=1S/C17H20N4O3/c22-17(14-6-8-21(20-14)12-3-2-7-18-11-12)19-13-4-1-5-15-16(13)24-10-9-23-15/h1,4-6,8,12,18H,2-3,7,9-11H2,(H,19,22). The Kier molecular flexibility index (Phi) is 4.08. The van der Waals surface area contributed by atoms with Crippen LogP contribution in [0.3, 0.4) is 0 Å². The van der Waals surface area contributed by atoms with Crippen LogP contribution >= 0.6 is 0 Å². The average molecular weight is 328 g/mol. The second-order valence-electron chi connectivity index (χ2n) is 5.97. The number of aromatic nitrogens is 2. The van der Waals surface area contributed by atoms with E-state index >= 15 is 0 Å². The van der Waals surface area contributed by atoms with Crippen LogP contribution in [0.25, 0.3) is 0 Å². The number of piperidine rings is 1. The van der Waals surface area contributed by atoms with Gasteiger partial charge in [0.05, 0.1) is 11.7 Å². The molecular formula is C17H20N4O3. The van der Waals surface area contributed by atoms with Crippen LogP contribution in [0.2, 0.25) is 0 Å². The Hall–Kier alpha value is -2.54. The molecule has 2 aliphatic heterocycles. The summed E-state index contributed by atoms with van der Waals surface area (Å²) in [6.45, 7) is 2.93. The van der Waals surface area contributed by atoms with Gasteiger partial charge in [0, 0.05) is 12.7 Å². The van der Waals surface area contributed by atoms with E-state index in [1.165, 1.54) is 0 Å². The van der Waals surface area contributed by atoms with E-state index in [1.807, 2.05) is 23.0 Å².